The Hall–Kier alpha value is -1.69. The smallest absolute Gasteiger partial charge is 0.0645 e. The Morgan fingerprint density at radius 2 is 2.17 bits per heavy atom. The largest absolute Gasteiger partial charge is 0.396 e. The molecule has 2 aliphatic heterocycles. The highest BCUT2D eigenvalue weighted by Crippen LogP contribution is 2.42. The Balaban J connectivity index is 1.44. The Morgan fingerprint density at radius 3 is 2.87 bits per heavy atom. The number of aliphatic hydroxyl groups is 1. The maximum absolute atomic E-state index is 9.89. The molecule has 2 aromatic rings. The molecule has 122 valence electrons. The van der Waals surface area contributed by atoms with Crippen LogP contribution < -0.4 is 0 Å². The summed E-state index contributed by atoms with van der Waals surface area (Å²) >= 11 is 0. The Morgan fingerprint density at radius 1 is 1.30 bits per heavy atom. The van der Waals surface area contributed by atoms with Gasteiger partial charge in [-0.1, -0.05) is 12.1 Å². The molecule has 3 heterocycles. The zero-order chi connectivity index (χ0) is 15.7. The third-order valence-corrected chi connectivity index (χ3v) is 5.37. The highest BCUT2D eigenvalue weighted by molar-refractivity contribution is 5.33. The summed E-state index contributed by atoms with van der Waals surface area (Å²) in [5.41, 5.74) is 2.43. The van der Waals surface area contributed by atoms with Crippen molar-refractivity contribution < 1.29 is 9.84 Å². The first-order valence-corrected chi connectivity index (χ1v) is 8.29. The van der Waals surface area contributed by atoms with Crippen molar-refractivity contribution in [3.63, 3.8) is 0 Å². The van der Waals surface area contributed by atoms with Gasteiger partial charge in [0.15, 0.2) is 0 Å². The zero-order valence-corrected chi connectivity index (χ0v) is 13.3. The summed E-state index contributed by atoms with van der Waals surface area (Å²) in [7, 11) is 0. The van der Waals surface area contributed by atoms with Crippen LogP contribution in [0.4, 0.5) is 0 Å². The fourth-order valence-electron chi connectivity index (χ4n) is 3.97. The van der Waals surface area contributed by atoms with Crippen LogP contribution in [0.1, 0.15) is 12.0 Å². The number of benzene rings is 1. The molecule has 1 N–H and O–H groups in total. The van der Waals surface area contributed by atoms with Crippen LogP contribution in [-0.2, 0) is 11.3 Å². The molecule has 2 saturated heterocycles. The van der Waals surface area contributed by atoms with E-state index in [9.17, 15) is 5.11 Å². The van der Waals surface area contributed by atoms with Crippen molar-refractivity contribution in [3.05, 3.63) is 48.3 Å². The van der Waals surface area contributed by atoms with Crippen molar-refractivity contribution in [2.24, 2.45) is 11.3 Å². The fraction of sp³-hybridized carbons (Fsp3) is 0.500. The second-order valence-corrected chi connectivity index (χ2v) is 6.83. The van der Waals surface area contributed by atoms with Gasteiger partial charge in [0.25, 0.3) is 0 Å². The van der Waals surface area contributed by atoms with Crippen molar-refractivity contribution in [2.45, 2.75) is 13.0 Å². The van der Waals surface area contributed by atoms with E-state index in [2.05, 4.69) is 34.3 Å². The number of rotatable bonds is 4. The third kappa shape index (κ3) is 2.80. The summed E-state index contributed by atoms with van der Waals surface area (Å²) in [5, 5.41) is 14.1. The molecule has 0 bridgehead atoms. The van der Waals surface area contributed by atoms with E-state index in [-0.39, 0.29) is 12.0 Å². The molecule has 0 radical (unpaired) electrons. The van der Waals surface area contributed by atoms with Crippen LogP contribution in [0, 0.1) is 11.3 Å². The molecule has 2 aliphatic rings. The van der Waals surface area contributed by atoms with Crippen LogP contribution in [0.15, 0.2) is 42.7 Å². The molecule has 23 heavy (non-hydrogen) atoms. The van der Waals surface area contributed by atoms with Gasteiger partial charge in [-0.3, -0.25) is 4.90 Å². The molecule has 0 unspecified atom stereocenters. The van der Waals surface area contributed by atoms with Gasteiger partial charge in [0.2, 0.25) is 0 Å². The predicted molar refractivity (Wildman–Crippen MR) is 87.3 cm³/mol. The number of hydrogen-bond acceptors (Lipinski definition) is 4. The highest BCUT2D eigenvalue weighted by Gasteiger charge is 2.47. The van der Waals surface area contributed by atoms with E-state index in [4.69, 9.17) is 4.74 Å². The second kappa shape index (κ2) is 6.07. The van der Waals surface area contributed by atoms with Gasteiger partial charge in [0, 0.05) is 50.0 Å². The first-order chi connectivity index (χ1) is 11.3. The van der Waals surface area contributed by atoms with Gasteiger partial charge < -0.3 is 9.84 Å². The van der Waals surface area contributed by atoms with Crippen molar-refractivity contribution in [2.75, 3.05) is 32.9 Å². The molecule has 5 heteroatoms. The molecular weight excluding hydrogens is 290 g/mol. The zero-order valence-electron chi connectivity index (χ0n) is 13.3. The number of ether oxygens (including phenoxy) is 1. The van der Waals surface area contributed by atoms with E-state index >= 15 is 0 Å². The number of nitrogens with zero attached hydrogens (tertiary/aromatic N) is 3. The Labute approximate surface area is 136 Å². The number of aromatic nitrogens is 2. The number of hydrogen-bond donors (Lipinski definition) is 1. The fourth-order valence-corrected chi connectivity index (χ4v) is 3.97. The summed E-state index contributed by atoms with van der Waals surface area (Å²) in [6, 6.07) is 10.5. The van der Waals surface area contributed by atoms with E-state index in [1.54, 1.807) is 6.20 Å². The SMILES string of the molecule is OC[C@]12CCOC[C@H]1CN(Cc1ccc(-n3cccn3)cc1)C2. The van der Waals surface area contributed by atoms with E-state index in [1.807, 2.05) is 16.9 Å². The Bertz CT molecular complexity index is 641. The van der Waals surface area contributed by atoms with Gasteiger partial charge in [-0.15, -0.1) is 0 Å². The highest BCUT2D eigenvalue weighted by atomic mass is 16.5. The molecule has 2 atom stereocenters. The summed E-state index contributed by atoms with van der Waals surface area (Å²) in [4.78, 5) is 2.46. The molecule has 5 nitrogen and oxygen atoms in total. The maximum atomic E-state index is 9.89. The Kier molecular flexibility index (Phi) is 3.93. The molecule has 1 aromatic carbocycles. The topological polar surface area (TPSA) is 50.5 Å². The minimum absolute atomic E-state index is 0.0489. The minimum Gasteiger partial charge on any atom is -0.396 e. The standard InChI is InChI=1S/C18H23N3O2/c22-14-18-6-9-23-12-16(18)11-20(13-18)10-15-2-4-17(5-3-15)21-8-1-7-19-21/h1-5,7-8,16,22H,6,9-14H2/t16-,18-/m1/s1. The first-order valence-electron chi connectivity index (χ1n) is 8.29. The minimum atomic E-state index is 0.0489. The van der Waals surface area contributed by atoms with E-state index in [1.165, 1.54) is 5.56 Å². The summed E-state index contributed by atoms with van der Waals surface area (Å²) < 4.78 is 7.49. The van der Waals surface area contributed by atoms with Gasteiger partial charge in [0.05, 0.1) is 18.9 Å². The lowest BCUT2D eigenvalue weighted by molar-refractivity contribution is -0.0417. The van der Waals surface area contributed by atoms with Crippen LogP contribution >= 0.6 is 0 Å². The van der Waals surface area contributed by atoms with Crippen LogP contribution in [0.3, 0.4) is 0 Å². The van der Waals surface area contributed by atoms with Crippen molar-refractivity contribution in [3.8, 4) is 5.69 Å². The van der Waals surface area contributed by atoms with Gasteiger partial charge in [0.1, 0.15) is 0 Å². The van der Waals surface area contributed by atoms with Crippen molar-refractivity contribution in [1.82, 2.24) is 14.7 Å². The van der Waals surface area contributed by atoms with Gasteiger partial charge in [-0.25, -0.2) is 4.68 Å². The molecule has 0 amide bonds. The van der Waals surface area contributed by atoms with E-state index < -0.39 is 0 Å². The molecular formula is C18H23N3O2. The molecule has 0 spiro atoms. The van der Waals surface area contributed by atoms with E-state index in [0.29, 0.717) is 5.92 Å². The van der Waals surface area contributed by atoms with Crippen LogP contribution in [0.2, 0.25) is 0 Å². The quantitative estimate of drug-likeness (QED) is 0.933. The summed E-state index contributed by atoms with van der Waals surface area (Å²) in [6.07, 6.45) is 4.71. The molecule has 1 aromatic heterocycles. The molecule has 4 rings (SSSR count). The summed E-state index contributed by atoms with van der Waals surface area (Å²) in [6.45, 7) is 4.76. The molecule has 0 saturated carbocycles. The molecule has 2 fully saturated rings. The average Bonchev–Trinajstić information content (AvgIpc) is 3.23. The second-order valence-electron chi connectivity index (χ2n) is 6.83. The lowest BCUT2D eigenvalue weighted by Gasteiger charge is -2.36. The predicted octanol–water partition coefficient (Wildman–Crippen LogP) is 1.70. The average molecular weight is 313 g/mol. The number of fused-ring (bicyclic) bond motifs is 1. The van der Waals surface area contributed by atoms with Crippen molar-refractivity contribution >= 4 is 0 Å². The van der Waals surface area contributed by atoms with Crippen molar-refractivity contribution in [1.29, 1.82) is 0 Å². The van der Waals surface area contributed by atoms with Crippen LogP contribution in [0.5, 0.6) is 0 Å². The maximum Gasteiger partial charge on any atom is 0.0645 e. The molecule has 0 aliphatic carbocycles. The van der Waals surface area contributed by atoms with Crippen LogP contribution in [0.25, 0.3) is 5.69 Å². The van der Waals surface area contributed by atoms with Crippen LogP contribution in [-0.4, -0.2) is 52.7 Å². The lowest BCUT2D eigenvalue weighted by Crippen LogP contribution is -2.41. The van der Waals surface area contributed by atoms with Gasteiger partial charge in [-0.05, 0) is 30.2 Å². The van der Waals surface area contributed by atoms with E-state index in [0.717, 1.165) is 45.0 Å². The third-order valence-electron chi connectivity index (χ3n) is 5.37. The lowest BCUT2D eigenvalue weighted by atomic mass is 9.75. The number of aliphatic hydroxyl groups excluding tert-OH is 1. The van der Waals surface area contributed by atoms with Gasteiger partial charge in [-0.2, -0.15) is 5.10 Å². The normalized spacial score (nSPS) is 28.0. The monoisotopic (exact) mass is 313 g/mol. The summed E-state index contributed by atoms with van der Waals surface area (Å²) in [5.74, 6) is 0.463. The first kappa shape index (κ1) is 14.9. The van der Waals surface area contributed by atoms with Gasteiger partial charge >= 0.3 is 0 Å². The number of likely N-dealkylation sites (tertiary alicyclic amines) is 1.